The molecule has 2 aliphatic rings. The molecule has 0 bridgehead atoms. The number of imide groups is 1. The lowest BCUT2D eigenvalue weighted by atomic mass is 9.71. The topological polar surface area (TPSA) is 55.4 Å². The van der Waals surface area contributed by atoms with Crippen LogP contribution in [0.2, 0.25) is 0 Å². The van der Waals surface area contributed by atoms with Crippen LogP contribution in [0.4, 0.5) is 4.79 Å². The van der Waals surface area contributed by atoms with Gasteiger partial charge in [0.05, 0.1) is 0 Å². The summed E-state index contributed by atoms with van der Waals surface area (Å²) >= 11 is 0. The number of alkyl carbamates (subject to hydrolysis) is 1. The highest BCUT2D eigenvalue weighted by molar-refractivity contribution is 6.03. The van der Waals surface area contributed by atoms with Crippen molar-refractivity contribution >= 4 is 12.0 Å². The van der Waals surface area contributed by atoms with E-state index in [9.17, 15) is 9.59 Å². The van der Waals surface area contributed by atoms with Gasteiger partial charge < -0.3 is 4.74 Å². The van der Waals surface area contributed by atoms with Gasteiger partial charge in [0.25, 0.3) is 5.91 Å². The van der Waals surface area contributed by atoms with Crippen molar-refractivity contribution in [1.82, 2.24) is 5.32 Å². The zero-order valence-electron chi connectivity index (χ0n) is 10.0. The molecule has 1 heterocycles. The molecule has 1 saturated carbocycles. The molecule has 4 heteroatoms. The van der Waals surface area contributed by atoms with Gasteiger partial charge in [0, 0.05) is 5.92 Å². The molecule has 0 radical (unpaired) electrons. The van der Waals surface area contributed by atoms with Crippen molar-refractivity contribution in [3.05, 3.63) is 35.9 Å². The summed E-state index contributed by atoms with van der Waals surface area (Å²) < 4.78 is 5.37. The monoisotopic (exact) mass is 245 g/mol. The van der Waals surface area contributed by atoms with E-state index >= 15 is 0 Å². The van der Waals surface area contributed by atoms with Gasteiger partial charge in [-0.15, -0.1) is 0 Å². The first kappa shape index (κ1) is 11.3. The highest BCUT2D eigenvalue weighted by atomic mass is 16.6. The Labute approximate surface area is 105 Å². The number of carbonyl (C=O) groups excluding carboxylic acids is 2. The van der Waals surface area contributed by atoms with Crippen LogP contribution in [-0.4, -0.2) is 17.6 Å². The van der Waals surface area contributed by atoms with Crippen molar-refractivity contribution in [3.8, 4) is 0 Å². The van der Waals surface area contributed by atoms with E-state index in [0.29, 0.717) is 6.42 Å². The van der Waals surface area contributed by atoms with Gasteiger partial charge in [0.15, 0.2) is 5.60 Å². The largest absolute Gasteiger partial charge is 0.432 e. The lowest BCUT2D eigenvalue weighted by Crippen LogP contribution is -2.46. The lowest BCUT2D eigenvalue weighted by Gasteiger charge is -2.37. The van der Waals surface area contributed by atoms with E-state index in [0.717, 1.165) is 24.8 Å². The third-order valence-electron chi connectivity index (χ3n) is 3.93. The van der Waals surface area contributed by atoms with Crippen LogP contribution in [0.5, 0.6) is 0 Å². The maximum Gasteiger partial charge on any atom is 0.415 e. The van der Waals surface area contributed by atoms with E-state index in [2.05, 4.69) is 5.32 Å². The highest BCUT2D eigenvalue weighted by Gasteiger charge is 2.55. The quantitative estimate of drug-likeness (QED) is 0.826. The number of ether oxygens (including phenoxy) is 1. The Kier molecular flexibility index (Phi) is 2.58. The first-order valence-electron chi connectivity index (χ1n) is 6.32. The van der Waals surface area contributed by atoms with Crippen molar-refractivity contribution in [2.45, 2.75) is 37.2 Å². The number of benzene rings is 1. The normalized spacial score (nSPS) is 31.2. The fraction of sp³-hybridized carbons (Fsp3) is 0.429. The van der Waals surface area contributed by atoms with Gasteiger partial charge in [-0.25, -0.2) is 4.79 Å². The van der Waals surface area contributed by atoms with E-state index in [-0.39, 0.29) is 11.8 Å². The minimum absolute atomic E-state index is 0.0288. The molecule has 2 atom stereocenters. The lowest BCUT2D eigenvalue weighted by molar-refractivity contribution is -0.135. The molecule has 2 amide bonds. The Morgan fingerprint density at radius 1 is 1.17 bits per heavy atom. The zero-order chi connectivity index (χ0) is 12.6. The molecule has 1 spiro atoms. The summed E-state index contributed by atoms with van der Waals surface area (Å²) in [6.45, 7) is 0. The van der Waals surface area contributed by atoms with E-state index in [1.54, 1.807) is 0 Å². The molecular formula is C14H15NO3. The summed E-state index contributed by atoms with van der Waals surface area (Å²) in [5.74, 6) is -0.306. The highest BCUT2D eigenvalue weighted by Crippen LogP contribution is 2.45. The SMILES string of the molecule is O=C1NC(=O)C2(CCCCC2c2ccccc2)O1. The molecular weight excluding hydrogens is 230 g/mol. The molecule has 1 aliphatic heterocycles. The van der Waals surface area contributed by atoms with Crippen molar-refractivity contribution in [3.63, 3.8) is 0 Å². The summed E-state index contributed by atoms with van der Waals surface area (Å²) in [5, 5.41) is 2.28. The Hall–Kier alpha value is -1.84. The van der Waals surface area contributed by atoms with Crippen molar-refractivity contribution in [1.29, 1.82) is 0 Å². The number of nitrogens with one attached hydrogen (secondary N) is 1. The molecule has 1 aromatic carbocycles. The average molecular weight is 245 g/mol. The van der Waals surface area contributed by atoms with Crippen LogP contribution in [-0.2, 0) is 9.53 Å². The summed E-state index contributed by atoms with van der Waals surface area (Å²) in [6.07, 6.45) is 2.87. The number of rotatable bonds is 1. The van der Waals surface area contributed by atoms with E-state index < -0.39 is 11.7 Å². The first-order chi connectivity index (χ1) is 8.72. The molecule has 1 saturated heterocycles. The summed E-state index contributed by atoms with van der Waals surface area (Å²) in [4.78, 5) is 23.4. The fourth-order valence-electron chi connectivity index (χ4n) is 3.09. The fourth-order valence-corrected chi connectivity index (χ4v) is 3.09. The predicted octanol–water partition coefficient (Wildman–Crippen LogP) is 2.35. The second-order valence-corrected chi connectivity index (χ2v) is 4.94. The second kappa shape index (κ2) is 4.12. The van der Waals surface area contributed by atoms with Gasteiger partial charge >= 0.3 is 6.09 Å². The molecule has 1 N–H and O–H groups in total. The van der Waals surface area contributed by atoms with Gasteiger partial charge in [0.2, 0.25) is 0 Å². The Morgan fingerprint density at radius 3 is 2.61 bits per heavy atom. The average Bonchev–Trinajstić information content (AvgIpc) is 2.66. The van der Waals surface area contributed by atoms with Crippen LogP contribution in [0.3, 0.4) is 0 Å². The van der Waals surface area contributed by atoms with Crippen molar-refractivity contribution < 1.29 is 14.3 Å². The first-order valence-corrected chi connectivity index (χ1v) is 6.32. The Bertz CT molecular complexity index is 485. The number of hydrogen-bond acceptors (Lipinski definition) is 3. The van der Waals surface area contributed by atoms with E-state index in [1.165, 1.54) is 0 Å². The van der Waals surface area contributed by atoms with Gasteiger partial charge in [-0.3, -0.25) is 10.1 Å². The number of amides is 2. The molecule has 1 aliphatic carbocycles. The van der Waals surface area contributed by atoms with Crippen LogP contribution < -0.4 is 5.32 Å². The van der Waals surface area contributed by atoms with E-state index in [1.807, 2.05) is 30.3 Å². The van der Waals surface area contributed by atoms with Crippen LogP contribution >= 0.6 is 0 Å². The standard InChI is InChI=1S/C14H15NO3/c16-12-14(18-13(17)15-12)9-5-4-8-11(14)10-6-2-1-3-7-10/h1-3,6-7,11H,4-5,8-9H2,(H,15,16,17). The summed E-state index contributed by atoms with van der Waals surface area (Å²) in [5.41, 5.74) is 0.0958. The molecule has 18 heavy (non-hydrogen) atoms. The maximum atomic E-state index is 12.1. The van der Waals surface area contributed by atoms with Gasteiger partial charge in [-0.2, -0.15) is 0 Å². The smallest absolute Gasteiger partial charge is 0.415 e. The number of carbonyl (C=O) groups is 2. The van der Waals surface area contributed by atoms with Crippen LogP contribution in [0.25, 0.3) is 0 Å². The molecule has 0 aromatic heterocycles. The summed E-state index contributed by atoms with van der Waals surface area (Å²) in [7, 11) is 0. The predicted molar refractivity (Wildman–Crippen MR) is 65.0 cm³/mol. The van der Waals surface area contributed by atoms with Crippen LogP contribution in [0.15, 0.2) is 30.3 Å². The molecule has 3 rings (SSSR count). The van der Waals surface area contributed by atoms with Gasteiger partial charge in [-0.1, -0.05) is 36.8 Å². The molecule has 4 nitrogen and oxygen atoms in total. The minimum atomic E-state index is -0.976. The van der Waals surface area contributed by atoms with Crippen molar-refractivity contribution in [2.24, 2.45) is 0 Å². The molecule has 2 unspecified atom stereocenters. The maximum absolute atomic E-state index is 12.1. The third-order valence-corrected chi connectivity index (χ3v) is 3.93. The Morgan fingerprint density at radius 2 is 1.94 bits per heavy atom. The van der Waals surface area contributed by atoms with Crippen LogP contribution in [0.1, 0.15) is 37.2 Å². The minimum Gasteiger partial charge on any atom is -0.432 e. The van der Waals surface area contributed by atoms with E-state index in [4.69, 9.17) is 4.74 Å². The van der Waals surface area contributed by atoms with Gasteiger partial charge in [0.1, 0.15) is 0 Å². The van der Waals surface area contributed by atoms with Crippen LogP contribution in [0, 0.1) is 0 Å². The second-order valence-electron chi connectivity index (χ2n) is 4.94. The summed E-state index contributed by atoms with van der Waals surface area (Å²) in [6, 6.07) is 9.84. The third kappa shape index (κ3) is 1.60. The van der Waals surface area contributed by atoms with Crippen molar-refractivity contribution in [2.75, 3.05) is 0 Å². The molecule has 1 aromatic rings. The van der Waals surface area contributed by atoms with Gasteiger partial charge in [-0.05, 0) is 24.8 Å². The molecule has 2 fully saturated rings. The molecule has 94 valence electrons. The number of hydrogen-bond donors (Lipinski definition) is 1. The zero-order valence-corrected chi connectivity index (χ0v) is 10.0. The Balaban J connectivity index is 2.01.